The molecule has 0 saturated carbocycles. The van der Waals surface area contributed by atoms with E-state index in [0.29, 0.717) is 6.61 Å². The minimum absolute atomic E-state index is 0.174. The number of hydrogen-bond acceptors (Lipinski definition) is 5. The molecule has 0 fully saturated rings. The zero-order chi connectivity index (χ0) is 11.6. The number of nitrogens with zero attached hydrogens (tertiary/aromatic N) is 1. The van der Waals surface area contributed by atoms with E-state index in [2.05, 4.69) is 4.98 Å². The van der Waals surface area contributed by atoms with Crippen LogP contribution in [-0.4, -0.2) is 22.7 Å². The van der Waals surface area contributed by atoms with Gasteiger partial charge in [-0.3, -0.25) is 0 Å². The summed E-state index contributed by atoms with van der Waals surface area (Å²) in [5.41, 5.74) is -0.174. The van der Waals surface area contributed by atoms with Crippen molar-refractivity contribution in [1.29, 1.82) is 0 Å². The SMILES string of the molecule is CCOC(=O)c1sc(C(C)(C)C)nc1O. The van der Waals surface area contributed by atoms with Crippen LogP contribution in [0.25, 0.3) is 0 Å². The molecule has 0 saturated heterocycles. The molecular weight excluding hydrogens is 214 g/mol. The maximum atomic E-state index is 11.4. The first-order valence-corrected chi connectivity index (χ1v) is 5.55. The Hall–Kier alpha value is -1.10. The van der Waals surface area contributed by atoms with E-state index < -0.39 is 5.97 Å². The van der Waals surface area contributed by atoms with Gasteiger partial charge in [0.2, 0.25) is 5.88 Å². The Labute approximate surface area is 92.9 Å². The van der Waals surface area contributed by atoms with Crippen LogP contribution in [0.2, 0.25) is 0 Å². The average molecular weight is 229 g/mol. The van der Waals surface area contributed by atoms with E-state index in [1.807, 2.05) is 20.8 Å². The minimum Gasteiger partial charge on any atom is -0.492 e. The molecule has 84 valence electrons. The van der Waals surface area contributed by atoms with Crippen molar-refractivity contribution in [2.24, 2.45) is 0 Å². The summed E-state index contributed by atoms with van der Waals surface area (Å²) in [6.45, 7) is 7.93. The lowest BCUT2D eigenvalue weighted by atomic mass is 9.98. The van der Waals surface area contributed by atoms with Gasteiger partial charge in [0.1, 0.15) is 5.01 Å². The zero-order valence-corrected chi connectivity index (χ0v) is 10.1. The van der Waals surface area contributed by atoms with Gasteiger partial charge in [-0.15, -0.1) is 11.3 Å². The summed E-state index contributed by atoms with van der Waals surface area (Å²) in [7, 11) is 0. The van der Waals surface area contributed by atoms with Crippen LogP contribution in [0.1, 0.15) is 42.4 Å². The van der Waals surface area contributed by atoms with E-state index in [0.717, 1.165) is 5.01 Å². The van der Waals surface area contributed by atoms with Crippen LogP contribution < -0.4 is 0 Å². The highest BCUT2D eigenvalue weighted by atomic mass is 32.1. The summed E-state index contributed by atoms with van der Waals surface area (Å²) in [5, 5.41) is 10.2. The van der Waals surface area contributed by atoms with Gasteiger partial charge in [0.15, 0.2) is 4.88 Å². The van der Waals surface area contributed by atoms with Crippen LogP contribution in [0.3, 0.4) is 0 Å². The maximum absolute atomic E-state index is 11.4. The first-order chi connectivity index (χ1) is 6.86. The van der Waals surface area contributed by atoms with Gasteiger partial charge in [-0.25, -0.2) is 9.78 Å². The predicted molar refractivity (Wildman–Crippen MR) is 58.4 cm³/mol. The van der Waals surface area contributed by atoms with Gasteiger partial charge >= 0.3 is 5.97 Å². The van der Waals surface area contributed by atoms with Crippen molar-refractivity contribution in [1.82, 2.24) is 4.98 Å². The molecule has 1 rings (SSSR count). The van der Waals surface area contributed by atoms with E-state index in [1.165, 1.54) is 11.3 Å². The van der Waals surface area contributed by atoms with E-state index in [9.17, 15) is 9.90 Å². The lowest BCUT2D eigenvalue weighted by molar-refractivity contribution is 0.0528. The van der Waals surface area contributed by atoms with Crippen LogP contribution in [0.4, 0.5) is 0 Å². The minimum atomic E-state index is -0.511. The molecule has 0 aromatic carbocycles. The molecule has 0 radical (unpaired) electrons. The number of carbonyl (C=O) groups excluding carboxylic acids is 1. The van der Waals surface area contributed by atoms with E-state index in [4.69, 9.17) is 4.74 Å². The molecule has 1 aromatic heterocycles. The predicted octanol–water partition coefficient (Wildman–Crippen LogP) is 2.32. The molecule has 4 nitrogen and oxygen atoms in total. The molecule has 0 aliphatic rings. The van der Waals surface area contributed by atoms with Crippen molar-refractivity contribution >= 4 is 17.3 Å². The molecule has 5 heteroatoms. The number of aromatic hydroxyl groups is 1. The Bertz CT molecular complexity index is 365. The number of carbonyl (C=O) groups is 1. The summed E-state index contributed by atoms with van der Waals surface area (Å²) < 4.78 is 4.81. The van der Waals surface area contributed by atoms with Crippen LogP contribution in [0.5, 0.6) is 5.88 Å². The van der Waals surface area contributed by atoms with Crippen molar-refractivity contribution in [2.75, 3.05) is 6.61 Å². The molecule has 1 N–H and O–H groups in total. The third-order valence-electron chi connectivity index (χ3n) is 1.71. The first-order valence-electron chi connectivity index (χ1n) is 4.73. The highest BCUT2D eigenvalue weighted by Gasteiger charge is 2.25. The van der Waals surface area contributed by atoms with Gasteiger partial charge in [-0.2, -0.15) is 0 Å². The lowest BCUT2D eigenvalue weighted by Crippen LogP contribution is -2.09. The van der Waals surface area contributed by atoms with Crippen molar-refractivity contribution in [3.8, 4) is 5.88 Å². The Morgan fingerprint density at radius 1 is 1.53 bits per heavy atom. The van der Waals surface area contributed by atoms with E-state index >= 15 is 0 Å². The number of thiazole rings is 1. The van der Waals surface area contributed by atoms with Crippen molar-refractivity contribution < 1.29 is 14.6 Å². The van der Waals surface area contributed by atoms with Gasteiger partial charge in [0, 0.05) is 5.41 Å². The average Bonchev–Trinajstić information content (AvgIpc) is 2.47. The highest BCUT2D eigenvalue weighted by Crippen LogP contribution is 2.32. The molecule has 0 atom stereocenters. The summed E-state index contributed by atoms with van der Waals surface area (Å²) in [4.78, 5) is 15.5. The fraction of sp³-hybridized carbons (Fsp3) is 0.600. The van der Waals surface area contributed by atoms with E-state index in [1.54, 1.807) is 6.92 Å². The van der Waals surface area contributed by atoms with Gasteiger partial charge in [-0.05, 0) is 6.92 Å². The smallest absolute Gasteiger partial charge is 0.353 e. The maximum Gasteiger partial charge on any atom is 0.353 e. The van der Waals surface area contributed by atoms with Gasteiger partial charge in [0.05, 0.1) is 6.61 Å². The molecule has 15 heavy (non-hydrogen) atoms. The normalized spacial score (nSPS) is 11.5. The second-order valence-corrected chi connectivity index (χ2v) is 5.14. The largest absolute Gasteiger partial charge is 0.492 e. The highest BCUT2D eigenvalue weighted by molar-refractivity contribution is 7.14. The molecule has 1 heterocycles. The van der Waals surface area contributed by atoms with Crippen molar-refractivity contribution in [3.63, 3.8) is 0 Å². The van der Waals surface area contributed by atoms with Crippen LogP contribution in [-0.2, 0) is 10.2 Å². The Morgan fingerprint density at radius 2 is 2.13 bits per heavy atom. The van der Waals surface area contributed by atoms with Crippen LogP contribution >= 0.6 is 11.3 Å². The summed E-state index contributed by atoms with van der Waals surface area (Å²) in [6.07, 6.45) is 0. The fourth-order valence-corrected chi connectivity index (χ4v) is 1.87. The van der Waals surface area contributed by atoms with Crippen molar-refractivity contribution in [3.05, 3.63) is 9.88 Å². The number of hydrogen-bond donors (Lipinski definition) is 1. The third kappa shape index (κ3) is 2.68. The molecule has 0 amide bonds. The second-order valence-electron chi connectivity index (χ2n) is 4.14. The topological polar surface area (TPSA) is 59.4 Å². The monoisotopic (exact) mass is 229 g/mol. The number of rotatable bonds is 2. The quantitative estimate of drug-likeness (QED) is 0.791. The summed E-state index contributed by atoms with van der Waals surface area (Å²) >= 11 is 1.18. The van der Waals surface area contributed by atoms with E-state index in [-0.39, 0.29) is 16.2 Å². The standard InChI is InChI=1S/C10H15NO3S/c1-5-14-8(13)6-7(12)11-9(15-6)10(2,3)4/h12H,5H2,1-4H3. The number of ether oxygens (including phenoxy) is 1. The lowest BCUT2D eigenvalue weighted by Gasteiger charge is -2.12. The number of aromatic nitrogens is 1. The molecule has 0 unspecified atom stereocenters. The zero-order valence-electron chi connectivity index (χ0n) is 9.33. The van der Waals surface area contributed by atoms with Gasteiger partial charge in [-0.1, -0.05) is 20.8 Å². The molecule has 0 bridgehead atoms. The van der Waals surface area contributed by atoms with Crippen LogP contribution in [0.15, 0.2) is 0 Å². The molecule has 1 aromatic rings. The second kappa shape index (κ2) is 4.18. The Morgan fingerprint density at radius 3 is 2.53 bits per heavy atom. The summed E-state index contributed by atoms with van der Waals surface area (Å²) in [6, 6.07) is 0. The van der Waals surface area contributed by atoms with Gasteiger partial charge in [0.25, 0.3) is 0 Å². The molecule has 0 aliphatic carbocycles. The fourth-order valence-electron chi connectivity index (χ4n) is 0.962. The first kappa shape index (κ1) is 12.0. The third-order valence-corrected chi connectivity index (χ3v) is 3.16. The Balaban J connectivity index is 3.02. The number of esters is 1. The molecular formula is C10H15NO3S. The summed E-state index contributed by atoms with van der Waals surface area (Å²) in [5.74, 6) is -0.744. The molecule has 0 aliphatic heterocycles. The molecule has 0 spiro atoms. The Kier molecular flexibility index (Phi) is 3.34. The van der Waals surface area contributed by atoms with Crippen molar-refractivity contribution in [2.45, 2.75) is 33.1 Å². The van der Waals surface area contributed by atoms with Crippen LogP contribution in [0, 0.1) is 0 Å². The van der Waals surface area contributed by atoms with Gasteiger partial charge < -0.3 is 9.84 Å².